The van der Waals surface area contributed by atoms with Crippen LogP contribution in [0.2, 0.25) is 0 Å². The van der Waals surface area contributed by atoms with Gasteiger partial charge < -0.3 is 9.15 Å². The highest BCUT2D eigenvalue weighted by Crippen LogP contribution is 2.38. The average Bonchev–Trinajstić information content (AvgIpc) is 3.14. The predicted molar refractivity (Wildman–Crippen MR) is 78.3 cm³/mol. The van der Waals surface area contributed by atoms with Gasteiger partial charge in [-0.3, -0.25) is 0 Å². The fraction of sp³-hybridized carbons (Fsp3) is 0.200. The molecule has 3 rings (SSSR count). The Morgan fingerprint density at radius 1 is 1.39 bits per heavy atom. The number of aromatic nitrogens is 1. The number of carbonyl (C=O) groups is 1. The van der Waals surface area contributed by atoms with Gasteiger partial charge in [-0.25, -0.2) is 9.78 Å². The van der Waals surface area contributed by atoms with E-state index in [0.717, 1.165) is 12.1 Å². The number of nitrogens with zero attached hydrogens (tertiary/aromatic N) is 1. The maximum absolute atomic E-state index is 13.3. The maximum Gasteiger partial charge on any atom is 0.417 e. The Kier molecular flexibility index (Phi) is 3.85. The minimum atomic E-state index is -4.59. The van der Waals surface area contributed by atoms with Gasteiger partial charge in [0.05, 0.1) is 28.1 Å². The van der Waals surface area contributed by atoms with Gasteiger partial charge in [0.25, 0.3) is 0 Å². The van der Waals surface area contributed by atoms with Crippen molar-refractivity contribution < 1.29 is 27.1 Å². The first kappa shape index (κ1) is 15.5. The molecule has 0 unspecified atom stereocenters. The van der Waals surface area contributed by atoms with Crippen LogP contribution in [0.15, 0.2) is 34.1 Å². The van der Waals surface area contributed by atoms with Gasteiger partial charge in [-0.1, -0.05) is 6.07 Å². The molecule has 0 aromatic carbocycles. The Hall–Kier alpha value is -2.35. The summed E-state index contributed by atoms with van der Waals surface area (Å²) in [7, 11) is 0. The van der Waals surface area contributed by atoms with Crippen LogP contribution >= 0.6 is 11.3 Å². The van der Waals surface area contributed by atoms with Crippen molar-refractivity contribution in [1.82, 2.24) is 4.98 Å². The molecule has 0 bridgehead atoms. The smallest absolute Gasteiger partial charge is 0.417 e. The lowest BCUT2D eigenvalue weighted by Gasteiger charge is -2.08. The number of carbonyl (C=O) groups excluding carboxylic acids is 1. The molecule has 0 saturated carbocycles. The SMILES string of the molecule is CCOC(=O)c1cc2c(C(F)(F)F)cc(-c3cccs3)nc2o1. The molecule has 3 aromatic rings. The second-order valence-electron chi connectivity index (χ2n) is 4.58. The summed E-state index contributed by atoms with van der Waals surface area (Å²) in [5.41, 5.74) is -0.999. The van der Waals surface area contributed by atoms with Crippen molar-refractivity contribution in [3.63, 3.8) is 0 Å². The number of rotatable bonds is 3. The second-order valence-corrected chi connectivity index (χ2v) is 5.53. The molecule has 0 aliphatic carbocycles. The molecule has 8 heteroatoms. The normalized spacial score (nSPS) is 11.8. The molecule has 0 atom stereocenters. The molecule has 23 heavy (non-hydrogen) atoms. The van der Waals surface area contributed by atoms with Crippen LogP contribution in [0, 0.1) is 0 Å². The van der Waals surface area contributed by atoms with Crippen molar-refractivity contribution in [3.05, 3.63) is 41.0 Å². The molecule has 3 aromatic heterocycles. The molecular weight excluding hydrogens is 331 g/mol. The third kappa shape index (κ3) is 2.94. The number of hydrogen-bond acceptors (Lipinski definition) is 5. The van der Waals surface area contributed by atoms with Crippen LogP contribution in [-0.4, -0.2) is 17.6 Å². The van der Waals surface area contributed by atoms with Gasteiger partial charge >= 0.3 is 12.1 Å². The van der Waals surface area contributed by atoms with E-state index < -0.39 is 17.7 Å². The summed E-state index contributed by atoms with van der Waals surface area (Å²) in [6, 6.07) is 5.35. The van der Waals surface area contributed by atoms with Crippen molar-refractivity contribution in [2.24, 2.45) is 0 Å². The summed E-state index contributed by atoms with van der Waals surface area (Å²) in [5, 5.41) is 1.47. The van der Waals surface area contributed by atoms with Crippen LogP contribution < -0.4 is 0 Å². The van der Waals surface area contributed by atoms with Crippen molar-refractivity contribution in [1.29, 1.82) is 0 Å². The number of ether oxygens (including phenoxy) is 1. The summed E-state index contributed by atoms with van der Waals surface area (Å²) < 4.78 is 49.9. The maximum atomic E-state index is 13.3. The van der Waals surface area contributed by atoms with Crippen molar-refractivity contribution in [3.8, 4) is 10.6 Å². The van der Waals surface area contributed by atoms with Crippen LogP contribution in [0.25, 0.3) is 21.7 Å². The Bertz CT molecular complexity index is 853. The van der Waals surface area contributed by atoms with E-state index in [-0.39, 0.29) is 29.2 Å². The molecule has 4 nitrogen and oxygen atoms in total. The number of fused-ring (bicyclic) bond motifs is 1. The minimum absolute atomic E-state index is 0.0931. The number of thiophene rings is 1. The van der Waals surface area contributed by atoms with Gasteiger partial charge in [0, 0.05) is 6.07 Å². The number of pyridine rings is 1. The highest BCUT2D eigenvalue weighted by atomic mass is 32.1. The lowest BCUT2D eigenvalue weighted by Crippen LogP contribution is -2.06. The van der Waals surface area contributed by atoms with Gasteiger partial charge in [0.1, 0.15) is 0 Å². The third-order valence-electron chi connectivity index (χ3n) is 3.06. The Morgan fingerprint density at radius 2 is 2.17 bits per heavy atom. The monoisotopic (exact) mass is 341 g/mol. The first-order valence-corrected chi connectivity index (χ1v) is 7.51. The topological polar surface area (TPSA) is 52.3 Å². The lowest BCUT2D eigenvalue weighted by molar-refractivity contribution is -0.136. The Labute approximate surface area is 132 Å². The second kappa shape index (κ2) is 5.69. The average molecular weight is 341 g/mol. The van der Waals surface area contributed by atoms with E-state index in [9.17, 15) is 18.0 Å². The van der Waals surface area contributed by atoms with E-state index >= 15 is 0 Å². The lowest BCUT2D eigenvalue weighted by atomic mass is 10.1. The van der Waals surface area contributed by atoms with Crippen molar-refractivity contribution in [2.75, 3.05) is 6.61 Å². The van der Waals surface area contributed by atoms with E-state index in [1.54, 1.807) is 24.4 Å². The van der Waals surface area contributed by atoms with E-state index in [1.807, 2.05) is 0 Å². The summed E-state index contributed by atoms with van der Waals surface area (Å²) in [4.78, 5) is 16.3. The van der Waals surface area contributed by atoms with Crippen LogP contribution in [0.4, 0.5) is 13.2 Å². The zero-order valence-electron chi connectivity index (χ0n) is 11.8. The van der Waals surface area contributed by atoms with E-state index in [0.29, 0.717) is 4.88 Å². The van der Waals surface area contributed by atoms with Gasteiger partial charge in [0.15, 0.2) is 0 Å². The van der Waals surface area contributed by atoms with Crippen molar-refractivity contribution >= 4 is 28.4 Å². The molecule has 120 valence electrons. The molecule has 0 radical (unpaired) electrons. The van der Waals surface area contributed by atoms with Gasteiger partial charge in [0.2, 0.25) is 11.5 Å². The number of esters is 1. The Morgan fingerprint density at radius 3 is 2.78 bits per heavy atom. The van der Waals surface area contributed by atoms with E-state index in [4.69, 9.17) is 9.15 Å². The number of alkyl halides is 3. The van der Waals surface area contributed by atoms with Gasteiger partial charge in [-0.05, 0) is 24.4 Å². The molecule has 0 amide bonds. The minimum Gasteiger partial charge on any atom is -0.460 e. The van der Waals surface area contributed by atoms with Crippen molar-refractivity contribution in [2.45, 2.75) is 13.1 Å². The van der Waals surface area contributed by atoms with Crippen LogP contribution in [0.1, 0.15) is 23.0 Å². The molecule has 0 fully saturated rings. The molecule has 0 spiro atoms. The largest absolute Gasteiger partial charge is 0.460 e. The zero-order valence-corrected chi connectivity index (χ0v) is 12.6. The van der Waals surface area contributed by atoms with E-state index in [1.165, 1.54) is 11.3 Å². The summed E-state index contributed by atoms with van der Waals surface area (Å²) in [5.74, 6) is -1.13. The fourth-order valence-electron chi connectivity index (χ4n) is 2.10. The summed E-state index contributed by atoms with van der Waals surface area (Å²) in [6.07, 6.45) is -4.59. The predicted octanol–water partition coefficient (Wildman–Crippen LogP) is 4.75. The fourth-order valence-corrected chi connectivity index (χ4v) is 2.79. The number of hydrogen-bond donors (Lipinski definition) is 0. The van der Waals surface area contributed by atoms with Crippen LogP contribution in [-0.2, 0) is 10.9 Å². The first-order chi connectivity index (χ1) is 10.9. The number of furan rings is 1. The zero-order chi connectivity index (χ0) is 16.6. The third-order valence-corrected chi connectivity index (χ3v) is 3.95. The highest BCUT2D eigenvalue weighted by Gasteiger charge is 2.35. The molecule has 0 aliphatic heterocycles. The van der Waals surface area contributed by atoms with Crippen LogP contribution in [0.5, 0.6) is 0 Å². The summed E-state index contributed by atoms with van der Waals surface area (Å²) in [6.45, 7) is 1.69. The molecule has 3 heterocycles. The molecule has 0 N–H and O–H groups in total. The van der Waals surface area contributed by atoms with Gasteiger partial charge in [-0.2, -0.15) is 13.2 Å². The van der Waals surface area contributed by atoms with Gasteiger partial charge in [-0.15, -0.1) is 11.3 Å². The molecule has 0 aliphatic rings. The highest BCUT2D eigenvalue weighted by molar-refractivity contribution is 7.13. The quantitative estimate of drug-likeness (QED) is 0.645. The summed E-state index contributed by atoms with van der Waals surface area (Å²) >= 11 is 1.26. The Balaban J connectivity index is 2.21. The molecular formula is C15H10F3NO3S. The first-order valence-electron chi connectivity index (χ1n) is 6.63. The standard InChI is InChI=1S/C15H10F3NO3S/c1-2-21-14(20)11-6-8-9(15(16,17)18)7-10(19-13(8)22-11)12-4-3-5-23-12/h3-7H,2H2,1H3. The van der Waals surface area contributed by atoms with E-state index in [2.05, 4.69) is 4.98 Å². The number of halogens is 3. The van der Waals surface area contributed by atoms with Crippen LogP contribution in [0.3, 0.4) is 0 Å². The molecule has 0 saturated heterocycles.